The summed E-state index contributed by atoms with van der Waals surface area (Å²) in [6, 6.07) is 7.71. The van der Waals surface area contributed by atoms with Crippen molar-refractivity contribution >= 4 is 16.8 Å². The van der Waals surface area contributed by atoms with Gasteiger partial charge in [0.1, 0.15) is 5.58 Å². The third-order valence-corrected chi connectivity index (χ3v) is 2.27. The second kappa shape index (κ2) is 5.50. The molecule has 2 nitrogen and oxygen atoms in total. The van der Waals surface area contributed by atoms with Crippen molar-refractivity contribution in [1.29, 1.82) is 0 Å². The number of benzene rings is 1. The topological polar surface area (TPSA) is 30.2 Å². The Bertz CT molecular complexity index is 480. The Morgan fingerprint density at radius 1 is 1.25 bits per heavy atom. The Hall–Kier alpha value is -1.57. The van der Waals surface area contributed by atoms with Gasteiger partial charge in [-0.1, -0.05) is 32.4 Å². The van der Waals surface area contributed by atoms with Gasteiger partial charge in [-0.25, -0.2) is 0 Å². The number of hydrogen-bond acceptors (Lipinski definition) is 2. The van der Waals surface area contributed by atoms with E-state index in [0.717, 1.165) is 11.0 Å². The van der Waals surface area contributed by atoms with Crippen molar-refractivity contribution in [2.24, 2.45) is 0 Å². The summed E-state index contributed by atoms with van der Waals surface area (Å²) in [5, 5.41) is 1.00. The highest BCUT2D eigenvalue weighted by molar-refractivity contribution is 5.97. The molecule has 0 aliphatic rings. The van der Waals surface area contributed by atoms with Crippen LogP contribution in [-0.4, -0.2) is 5.78 Å². The molecular formula is C14H18O2. The molecule has 0 unspecified atom stereocenters. The van der Waals surface area contributed by atoms with Crippen LogP contribution >= 0.6 is 0 Å². The number of fused-ring (bicyclic) bond motifs is 1. The van der Waals surface area contributed by atoms with Gasteiger partial charge in [-0.05, 0) is 25.1 Å². The lowest BCUT2D eigenvalue weighted by molar-refractivity contribution is 0.0963. The standard InChI is InChI=1S/C12H12O2.C2H6/c1-3-10(13)12-7-9-6-8(2)4-5-11(9)14-12;1-2/h4-7H,3H2,1-2H3;1-2H3. The Balaban J connectivity index is 0.000000606. The van der Waals surface area contributed by atoms with Crippen LogP contribution in [0.3, 0.4) is 0 Å². The third kappa shape index (κ3) is 2.51. The molecule has 1 aromatic heterocycles. The predicted molar refractivity (Wildman–Crippen MR) is 66.9 cm³/mol. The van der Waals surface area contributed by atoms with E-state index < -0.39 is 0 Å². The van der Waals surface area contributed by atoms with Crippen LogP contribution in [-0.2, 0) is 0 Å². The summed E-state index contributed by atoms with van der Waals surface area (Å²) in [4.78, 5) is 11.4. The Kier molecular flexibility index (Phi) is 4.29. The van der Waals surface area contributed by atoms with Crippen LogP contribution in [0.25, 0.3) is 11.0 Å². The van der Waals surface area contributed by atoms with E-state index in [2.05, 4.69) is 0 Å². The van der Waals surface area contributed by atoms with Gasteiger partial charge in [-0.3, -0.25) is 4.79 Å². The molecule has 2 rings (SSSR count). The van der Waals surface area contributed by atoms with Gasteiger partial charge in [0, 0.05) is 11.8 Å². The normalized spacial score (nSPS) is 9.75. The highest BCUT2D eigenvalue weighted by Crippen LogP contribution is 2.21. The molecule has 0 radical (unpaired) electrons. The van der Waals surface area contributed by atoms with Gasteiger partial charge in [0.2, 0.25) is 0 Å². The van der Waals surface area contributed by atoms with Gasteiger partial charge >= 0.3 is 0 Å². The number of furan rings is 1. The van der Waals surface area contributed by atoms with Gasteiger partial charge in [-0.2, -0.15) is 0 Å². The van der Waals surface area contributed by atoms with E-state index in [4.69, 9.17) is 4.42 Å². The summed E-state index contributed by atoms with van der Waals surface area (Å²) < 4.78 is 5.43. The number of hydrogen-bond donors (Lipinski definition) is 0. The maximum atomic E-state index is 11.4. The second-order valence-corrected chi connectivity index (χ2v) is 3.43. The molecule has 0 aliphatic carbocycles. The molecule has 0 amide bonds. The van der Waals surface area contributed by atoms with Crippen LogP contribution in [0.4, 0.5) is 0 Å². The van der Waals surface area contributed by atoms with Crippen molar-refractivity contribution in [2.75, 3.05) is 0 Å². The lowest BCUT2D eigenvalue weighted by Crippen LogP contribution is -1.92. The minimum Gasteiger partial charge on any atom is -0.453 e. The molecule has 0 N–H and O–H groups in total. The molecule has 86 valence electrons. The maximum Gasteiger partial charge on any atom is 0.197 e. The molecule has 1 aromatic carbocycles. The van der Waals surface area contributed by atoms with E-state index in [0.29, 0.717) is 12.2 Å². The van der Waals surface area contributed by atoms with Crippen molar-refractivity contribution < 1.29 is 9.21 Å². The highest BCUT2D eigenvalue weighted by Gasteiger charge is 2.09. The molecule has 0 fully saturated rings. The fourth-order valence-electron chi connectivity index (χ4n) is 1.47. The molecule has 1 heterocycles. The van der Waals surface area contributed by atoms with Crippen LogP contribution in [0.2, 0.25) is 0 Å². The number of rotatable bonds is 2. The van der Waals surface area contributed by atoms with E-state index in [1.807, 2.05) is 52.0 Å². The van der Waals surface area contributed by atoms with Crippen molar-refractivity contribution in [1.82, 2.24) is 0 Å². The molecule has 2 heteroatoms. The first-order chi connectivity index (χ1) is 7.70. The van der Waals surface area contributed by atoms with Crippen molar-refractivity contribution in [3.05, 3.63) is 35.6 Å². The largest absolute Gasteiger partial charge is 0.453 e. The van der Waals surface area contributed by atoms with E-state index in [9.17, 15) is 4.79 Å². The summed E-state index contributed by atoms with van der Waals surface area (Å²) in [6.45, 7) is 7.86. The fraction of sp³-hybridized carbons (Fsp3) is 0.357. The quantitative estimate of drug-likeness (QED) is 0.701. The van der Waals surface area contributed by atoms with E-state index in [1.54, 1.807) is 0 Å². The zero-order valence-electron chi connectivity index (χ0n) is 10.3. The van der Waals surface area contributed by atoms with Gasteiger partial charge in [0.15, 0.2) is 11.5 Å². The average Bonchev–Trinajstić information content (AvgIpc) is 2.73. The van der Waals surface area contributed by atoms with Crippen LogP contribution in [0.5, 0.6) is 0 Å². The smallest absolute Gasteiger partial charge is 0.197 e. The van der Waals surface area contributed by atoms with Crippen LogP contribution < -0.4 is 0 Å². The summed E-state index contributed by atoms with van der Waals surface area (Å²) in [6.07, 6.45) is 0.485. The molecule has 2 aromatic rings. The highest BCUT2D eigenvalue weighted by atomic mass is 16.3. The summed E-state index contributed by atoms with van der Waals surface area (Å²) in [5.41, 5.74) is 1.96. The Morgan fingerprint density at radius 3 is 2.56 bits per heavy atom. The number of carbonyl (C=O) groups excluding carboxylic acids is 1. The lowest BCUT2D eigenvalue weighted by Gasteiger charge is -1.89. The van der Waals surface area contributed by atoms with Crippen molar-refractivity contribution in [3.8, 4) is 0 Å². The number of ketones is 1. The minimum absolute atomic E-state index is 0.0545. The van der Waals surface area contributed by atoms with Gasteiger partial charge in [-0.15, -0.1) is 0 Å². The number of carbonyl (C=O) groups is 1. The second-order valence-electron chi connectivity index (χ2n) is 3.43. The number of aryl methyl sites for hydroxylation is 1. The molecule has 0 bridgehead atoms. The van der Waals surface area contributed by atoms with Crippen LogP contribution in [0.15, 0.2) is 28.7 Å². The SMILES string of the molecule is CC.CCC(=O)c1cc2cc(C)ccc2o1. The minimum atomic E-state index is 0.0545. The van der Waals surface area contributed by atoms with Crippen LogP contribution in [0.1, 0.15) is 43.3 Å². The first-order valence-electron chi connectivity index (χ1n) is 5.74. The Morgan fingerprint density at radius 2 is 1.94 bits per heavy atom. The number of Topliss-reactive ketones (excluding diaryl/α,β-unsaturated/α-hetero) is 1. The van der Waals surface area contributed by atoms with Gasteiger partial charge < -0.3 is 4.42 Å². The maximum absolute atomic E-state index is 11.4. The molecule has 0 atom stereocenters. The van der Waals surface area contributed by atoms with E-state index in [-0.39, 0.29) is 5.78 Å². The van der Waals surface area contributed by atoms with Crippen molar-refractivity contribution in [2.45, 2.75) is 34.1 Å². The summed E-state index contributed by atoms with van der Waals surface area (Å²) in [7, 11) is 0. The fourth-order valence-corrected chi connectivity index (χ4v) is 1.47. The molecule has 0 saturated carbocycles. The van der Waals surface area contributed by atoms with Crippen molar-refractivity contribution in [3.63, 3.8) is 0 Å². The molecular weight excluding hydrogens is 200 g/mol. The van der Waals surface area contributed by atoms with Crippen LogP contribution in [0, 0.1) is 6.92 Å². The van der Waals surface area contributed by atoms with E-state index in [1.165, 1.54) is 5.56 Å². The van der Waals surface area contributed by atoms with E-state index >= 15 is 0 Å². The zero-order chi connectivity index (χ0) is 12.1. The summed E-state index contributed by atoms with van der Waals surface area (Å²) in [5.74, 6) is 0.520. The zero-order valence-corrected chi connectivity index (χ0v) is 10.3. The molecule has 0 aliphatic heterocycles. The average molecular weight is 218 g/mol. The first-order valence-corrected chi connectivity index (χ1v) is 5.74. The molecule has 0 spiro atoms. The molecule has 16 heavy (non-hydrogen) atoms. The third-order valence-electron chi connectivity index (χ3n) is 2.27. The molecule has 0 saturated heterocycles. The monoisotopic (exact) mass is 218 g/mol. The Labute approximate surface area is 96.3 Å². The van der Waals surface area contributed by atoms with Gasteiger partial charge in [0.25, 0.3) is 0 Å². The summed E-state index contributed by atoms with van der Waals surface area (Å²) >= 11 is 0. The predicted octanol–water partition coefficient (Wildman–Crippen LogP) is 4.36. The van der Waals surface area contributed by atoms with Gasteiger partial charge in [0.05, 0.1) is 0 Å². The first kappa shape index (κ1) is 12.5. The lowest BCUT2D eigenvalue weighted by atomic mass is 10.1.